The van der Waals surface area contributed by atoms with Gasteiger partial charge in [0.25, 0.3) is 0 Å². The van der Waals surface area contributed by atoms with E-state index in [1.807, 2.05) is 26.0 Å². The first-order valence-corrected chi connectivity index (χ1v) is 6.62. The lowest BCUT2D eigenvalue weighted by Crippen LogP contribution is -2.14. The Morgan fingerprint density at radius 3 is 2.30 bits per heavy atom. The van der Waals surface area contributed by atoms with E-state index in [1.165, 1.54) is 0 Å². The fourth-order valence-corrected chi connectivity index (χ4v) is 1.83. The van der Waals surface area contributed by atoms with Crippen molar-refractivity contribution in [1.29, 1.82) is 0 Å². The second-order valence-electron chi connectivity index (χ2n) is 4.94. The number of hydrogen-bond donors (Lipinski definition) is 3. The molecule has 4 N–H and O–H groups in total. The van der Waals surface area contributed by atoms with Crippen molar-refractivity contribution < 1.29 is 0 Å². The van der Waals surface area contributed by atoms with Crippen LogP contribution in [0.2, 0.25) is 0 Å². The van der Waals surface area contributed by atoms with E-state index in [2.05, 4.69) is 32.6 Å². The standard InChI is InChI=1S/C14H20N6/c1-9(2)14-18-12(8-13(19-14)20-15)17-10(3)11-4-6-16-7-5-11/h4-10H,15H2,1-3H3,(H2,17,18,19,20). The molecule has 0 fully saturated rings. The zero-order valence-electron chi connectivity index (χ0n) is 12.0. The van der Waals surface area contributed by atoms with Gasteiger partial charge in [-0.2, -0.15) is 0 Å². The van der Waals surface area contributed by atoms with Crippen LogP contribution in [0.15, 0.2) is 30.6 Å². The molecule has 0 amide bonds. The third kappa shape index (κ3) is 3.42. The maximum Gasteiger partial charge on any atom is 0.145 e. The fourth-order valence-electron chi connectivity index (χ4n) is 1.83. The van der Waals surface area contributed by atoms with Gasteiger partial charge in [-0.1, -0.05) is 13.8 Å². The van der Waals surface area contributed by atoms with Gasteiger partial charge in [0.1, 0.15) is 17.5 Å². The number of pyridine rings is 1. The first-order chi connectivity index (χ1) is 9.60. The van der Waals surface area contributed by atoms with Crippen molar-refractivity contribution in [3.05, 3.63) is 42.0 Å². The van der Waals surface area contributed by atoms with Crippen LogP contribution >= 0.6 is 0 Å². The van der Waals surface area contributed by atoms with Crippen LogP contribution < -0.4 is 16.6 Å². The minimum Gasteiger partial charge on any atom is -0.363 e. The summed E-state index contributed by atoms with van der Waals surface area (Å²) in [6.07, 6.45) is 3.56. The summed E-state index contributed by atoms with van der Waals surface area (Å²) in [5.41, 5.74) is 3.72. The van der Waals surface area contributed by atoms with Gasteiger partial charge in [0.2, 0.25) is 0 Å². The molecule has 0 aliphatic heterocycles. The van der Waals surface area contributed by atoms with Crippen LogP contribution in [0, 0.1) is 0 Å². The average Bonchev–Trinajstić information content (AvgIpc) is 2.47. The monoisotopic (exact) mass is 272 g/mol. The highest BCUT2D eigenvalue weighted by molar-refractivity contribution is 5.48. The molecule has 1 unspecified atom stereocenters. The first-order valence-electron chi connectivity index (χ1n) is 6.62. The molecule has 0 radical (unpaired) electrons. The van der Waals surface area contributed by atoms with E-state index >= 15 is 0 Å². The van der Waals surface area contributed by atoms with E-state index in [4.69, 9.17) is 5.84 Å². The van der Waals surface area contributed by atoms with Crippen molar-refractivity contribution in [3.63, 3.8) is 0 Å². The smallest absolute Gasteiger partial charge is 0.145 e. The summed E-state index contributed by atoms with van der Waals surface area (Å²) in [6, 6.07) is 5.87. The molecule has 0 saturated carbocycles. The molecule has 0 aliphatic rings. The van der Waals surface area contributed by atoms with Gasteiger partial charge in [0.15, 0.2) is 0 Å². The molecule has 0 bridgehead atoms. The van der Waals surface area contributed by atoms with E-state index in [-0.39, 0.29) is 12.0 Å². The molecule has 2 heterocycles. The molecule has 2 rings (SSSR count). The van der Waals surface area contributed by atoms with Crippen LogP contribution in [0.25, 0.3) is 0 Å². The van der Waals surface area contributed by atoms with Crippen LogP contribution in [-0.4, -0.2) is 15.0 Å². The molecule has 0 aromatic carbocycles. The molecular weight excluding hydrogens is 252 g/mol. The van der Waals surface area contributed by atoms with Gasteiger partial charge in [-0.25, -0.2) is 15.8 Å². The predicted molar refractivity (Wildman–Crippen MR) is 80.2 cm³/mol. The SMILES string of the molecule is CC(C)c1nc(NN)cc(NC(C)c2ccncc2)n1. The molecule has 0 saturated heterocycles. The molecule has 20 heavy (non-hydrogen) atoms. The van der Waals surface area contributed by atoms with E-state index in [0.29, 0.717) is 5.82 Å². The predicted octanol–water partition coefficient (Wildman–Crippen LogP) is 2.45. The lowest BCUT2D eigenvalue weighted by Gasteiger charge is -2.16. The average molecular weight is 272 g/mol. The Balaban J connectivity index is 2.22. The lowest BCUT2D eigenvalue weighted by molar-refractivity contribution is 0.769. The van der Waals surface area contributed by atoms with Gasteiger partial charge >= 0.3 is 0 Å². The van der Waals surface area contributed by atoms with E-state index < -0.39 is 0 Å². The normalized spacial score (nSPS) is 12.2. The molecule has 1 atom stereocenters. The number of rotatable bonds is 5. The van der Waals surface area contributed by atoms with E-state index in [1.54, 1.807) is 18.5 Å². The number of nitrogens with two attached hydrogens (primary N) is 1. The Morgan fingerprint density at radius 1 is 1.05 bits per heavy atom. The zero-order valence-corrected chi connectivity index (χ0v) is 12.0. The van der Waals surface area contributed by atoms with Crippen molar-refractivity contribution in [1.82, 2.24) is 15.0 Å². The first kappa shape index (κ1) is 14.2. The summed E-state index contributed by atoms with van der Waals surface area (Å²) in [7, 11) is 0. The second kappa shape index (κ2) is 6.29. The number of hydrogen-bond acceptors (Lipinski definition) is 6. The highest BCUT2D eigenvalue weighted by atomic mass is 15.3. The van der Waals surface area contributed by atoms with Crippen molar-refractivity contribution in [2.45, 2.75) is 32.7 Å². The zero-order chi connectivity index (χ0) is 14.5. The van der Waals surface area contributed by atoms with Crippen LogP contribution in [-0.2, 0) is 0 Å². The number of aromatic nitrogens is 3. The van der Waals surface area contributed by atoms with E-state index in [9.17, 15) is 0 Å². The number of anilines is 2. The maximum absolute atomic E-state index is 5.45. The van der Waals surface area contributed by atoms with Gasteiger partial charge < -0.3 is 10.7 Å². The highest BCUT2D eigenvalue weighted by Crippen LogP contribution is 2.21. The van der Waals surface area contributed by atoms with Crippen molar-refractivity contribution >= 4 is 11.6 Å². The summed E-state index contributed by atoms with van der Waals surface area (Å²) in [4.78, 5) is 12.9. The third-order valence-corrected chi connectivity index (χ3v) is 2.98. The number of nitrogens with one attached hydrogen (secondary N) is 2. The molecule has 0 spiro atoms. The Labute approximate surface area is 118 Å². The number of nitrogens with zero attached hydrogens (tertiary/aromatic N) is 3. The minimum atomic E-state index is 0.124. The Kier molecular flexibility index (Phi) is 4.47. The molecule has 6 heteroatoms. The molecule has 0 aliphatic carbocycles. The largest absolute Gasteiger partial charge is 0.363 e. The van der Waals surface area contributed by atoms with Crippen molar-refractivity contribution in [3.8, 4) is 0 Å². The third-order valence-electron chi connectivity index (χ3n) is 2.98. The minimum absolute atomic E-state index is 0.124. The van der Waals surface area contributed by atoms with Gasteiger partial charge in [0, 0.05) is 24.4 Å². The number of hydrazine groups is 1. The van der Waals surface area contributed by atoms with Gasteiger partial charge in [-0.15, -0.1) is 0 Å². The highest BCUT2D eigenvalue weighted by Gasteiger charge is 2.10. The van der Waals surface area contributed by atoms with Crippen molar-refractivity contribution in [2.24, 2.45) is 5.84 Å². The molecule has 2 aromatic heterocycles. The van der Waals surface area contributed by atoms with Crippen LogP contribution in [0.1, 0.15) is 44.1 Å². The van der Waals surface area contributed by atoms with Gasteiger partial charge in [0.05, 0.1) is 6.04 Å². The van der Waals surface area contributed by atoms with Crippen LogP contribution in [0.3, 0.4) is 0 Å². The summed E-state index contributed by atoms with van der Waals surface area (Å²) >= 11 is 0. The maximum atomic E-state index is 5.45. The lowest BCUT2D eigenvalue weighted by atomic mass is 10.1. The Bertz CT molecular complexity index is 555. The molecule has 106 valence electrons. The van der Waals surface area contributed by atoms with Crippen LogP contribution in [0.4, 0.5) is 11.6 Å². The summed E-state index contributed by atoms with van der Waals surface area (Å²) in [6.45, 7) is 6.17. The Hall–Kier alpha value is -2.21. The summed E-state index contributed by atoms with van der Waals surface area (Å²) < 4.78 is 0. The molecule has 2 aromatic rings. The van der Waals surface area contributed by atoms with Crippen molar-refractivity contribution in [2.75, 3.05) is 10.7 Å². The second-order valence-corrected chi connectivity index (χ2v) is 4.94. The van der Waals surface area contributed by atoms with Crippen LogP contribution in [0.5, 0.6) is 0 Å². The topological polar surface area (TPSA) is 88.8 Å². The van der Waals surface area contributed by atoms with Gasteiger partial charge in [-0.3, -0.25) is 4.98 Å². The van der Waals surface area contributed by atoms with Gasteiger partial charge in [-0.05, 0) is 24.6 Å². The molecular formula is C14H20N6. The quantitative estimate of drug-likeness (QED) is 0.572. The van der Waals surface area contributed by atoms with E-state index in [0.717, 1.165) is 17.2 Å². The fraction of sp³-hybridized carbons (Fsp3) is 0.357. The summed E-state index contributed by atoms with van der Waals surface area (Å²) in [5, 5.41) is 3.35. The Morgan fingerprint density at radius 2 is 1.70 bits per heavy atom. The summed E-state index contributed by atoms with van der Waals surface area (Å²) in [5.74, 6) is 7.80. The molecule has 6 nitrogen and oxygen atoms in total. The number of nitrogen functional groups attached to an aromatic ring is 1.